The third kappa shape index (κ3) is 3.78. The van der Waals surface area contributed by atoms with Gasteiger partial charge in [0.2, 0.25) is 0 Å². The molecule has 4 nitrogen and oxygen atoms in total. The Hall–Kier alpha value is -1.39. The SMILES string of the molecule is COCCCCC(CN)(C(=O)OC)c1ccccc1. The summed E-state index contributed by atoms with van der Waals surface area (Å²) in [5, 5.41) is 0. The van der Waals surface area contributed by atoms with Crippen LogP contribution in [0.15, 0.2) is 30.3 Å². The van der Waals surface area contributed by atoms with Gasteiger partial charge >= 0.3 is 5.97 Å². The summed E-state index contributed by atoms with van der Waals surface area (Å²) < 4.78 is 10.0. The van der Waals surface area contributed by atoms with Crippen molar-refractivity contribution in [2.75, 3.05) is 27.4 Å². The maximum absolute atomic E-state index is 12.2. The van der Waals surface area contributed by atoms with E-state index in [4.69, 9.17) is 15.2 Å². The molecule has 0 saturated carbocycles. The third-order valence-corrected chi connectivity index (χ3v) is 3.45. The number of unbranched alkanes of at least 4 members (excludes halogenated alkanes) is 1. The molecule has 19 heavy (non-hydrogen) atoms. The Bertz CT molecular complexity index is 380. The van der Waals surface area contributed by atoms with Crippen LogP contribution in [-0.4, -0.2) is 33.3 Å². The highest BCUT2D eigenvalue weighted by molar-refractivity contribution is 5.83. The van der Waals surface area contributed by atoms with Crippen LogP contribution in [0.25, 0.3) is 0 Å². The van der Waals surface area contributed by atoms with Gasteiger partial charge in [0.25, 0.3) is 0 Å². The number of ether oxygens (including phenoxy) is 2. The van der Waals surface area contributed by atoms with E-state index in [0.717, 1.165) is 18.4 Å². The second-order valence-corrected chi connectivity index (χ2v) is 4.59. The molecule has 0 amide bonds. The van der Waals surface area contributed by atoms with Crippen molar-refractivity contribution in [3.05, 3.63) is 35.9 Å². The van der Waals surface area contributed by atoms with Crippen LogP contribution in [-0.2, 0) is 19.7 Å². The molecule has 106 valence electrons. The number of hydrogen-bond donors (Lipinski definition) is 1. The molecule has 0 aliphatic rings. The number of hydrogen-bond acceptors (Lipinski definition) is 4. The van der Waals surface area contributed by atoms with Gasteiger partial charge in [-0.15, -0.1) is 0 Å². The number of rotatable bonds is 8. The zero-order chi connectivity index (χ0) is 14.1. The second-order valence-electron chi connectivity index (χ2n) is 4.59. The van der Waals surface area contributed by atoms with Crippen LogP contribution in [0.3, 0.4) is 0 Å². The van der Waals surface area contributed by atoms with Crippen LogP contribution in [0.5, 0.6) is 0 Å². The fraction of sp³-hybridized carbons (Fsp3) is 0.533. The van der Waals surface area contributed by atoms with Crippen LogP contribution >= 0.6 is 0 Å². The molecule has 0 bridgehead atoms. The quantitative estimate of drug-likeness (QED) is 0.576. The maximum atomic E-state index is 12.2. The molecule has 0 aliphatic heterocycles. The van der Waals surface area contributed by atoms with Gasteiger partial charge in [0.15, 0.2) is 0 Å². The van der Waals surface area contributed by atoms with Crippen LogP contribution in [0.4, 0.5) is 0 Å². The molecule has 1 rings (SSSR count). The zero-order valence-corrected chi connectivity index (χ0v) is 11.7. The van der Waals surface area contributed by atoms with E-state index >= 15 is 0 Å². The first kappa shape index (κ1) is 15.7. The second kappa shape index (κ2) is 7.92. The van der Waals surface area contributed by atoms with Gasteiger partial charge in [-0.1, -0.05) is 30.3 Å². The third-order valence-electron chi connectivity index (χ3n) is 3.45. The number of carbonyl (C=O) groups is 1. The molecule has 1 atom stereocenters. The molecule has 0 heterocycles. The van der Waals surface area contributed by atoms with E-state index in [1.54, 1.807) is 7.11 Å². The molecule has 4 heteroatoms. The predicted molar refractivity (Wildman–Crippen MR) is 74.9 cm³/mol. The summed E-state index contributed by atoms with van der Waals surface area (Å²) in [6, 6.07) is 9.61. The van der Waals surface area contributed by atoms with E-state index in [9.17, 15) is 4.79 Å². The first-order chi connectivity index (χ1) is 9.21. The van der Waals surface area contributed by atoms with Crippen molar-refractivity contribution in [2.45, 2.75) is 24.7 Å². The molecule has 1 unspecified atom stereocenters. The van der Waals surface area contributed by atoms with Gasteiger partial charge in [0, 0.05) is 20.3 Å². The number of benzene rings is 1. The summed E-state index contributed by atoms with van der Waals surface area (Å²) in [7, 11) is 3.08. The van der Waals surface area contributed by atoms with E-state index in [2.05, 4.69) is 0 Å². The Morgan fingerprint density at radius 3 is 2.42 bits per heavy atom. The van der Waals surface area contributed by atoms with Crippen molar-refractivity contribution in [1.82, 2.24) is 0 Å². The van der Waals surface area contributed by atoms with Crippen molar-refractivity contribution in [3.8, 4) is 0 Å². The average molecular weight is 265 g/mol. The highest BCUT2D eigenvalue weighted by Gasteiger charge is 2.39. The Morgan fingerprint density at radius 2 is 1.89 bits per heavy atom. The summed E-state index contributed by atoms with van der Waals surface area (Å²) in [4.78, 5) is 12.2. The predicted octanol–water partition coefficient (Wildman–Crippen LogP) is 1.87. The molecule has 1 aromatic rings. The number of carbonyl (C=O) groups excluding carboxylic acids is 1. The maximum Gasteiger partial charge on any atom is 0.317 e. The Kier molecular flexibility index (Phi) is 6.53. The van der Waals surface area contributed by atoms with Crippen molar-refractivity contribution in [3.63, 3.8) is 0 Å². The standard InChI is InChI=1S/C15H23NO3/c1-18-11-7-6-10-15(12-16,14(17)19-2)13-8-4-3-5-9-13/h3-5,8-9H,6-7,10-12,16H2,1-2H3. The van der Waals surface area contributed by atoms with E-state index in [1.807, 2.05) is 30.3 Å². The molecule has 0 aromatic heterocycles. The van der Waals surface area contributed by atoms with Gasteiger partial charge in [0.05, 0.1) is 7.11 Å². The van der Waals surface area contributed by atoms with Gasteiger partial charge < -0.3 is 15.2 Å². The zero-order valence-electron chi connectivity index (χ0n) is 11.7. The number of methoxy groups -OCH3 is 2. The largest absolute Gasteiger partial charge is 0.468 e. The Balaban J connectivity index is 2.92. The minimum absolute atomic E-state index is 0.247. The smallest absolute Gasteiger partial charge is 0.317 e. The molecule has 0 radical (unpaired) electrons. The van der Waals surface area contributed by atoms with Crippen molar-refractivity contribution < 1.29 is 14.3 Å². The Morgan fingerprint density at radius 1 is 1.21 bits per heavy atom. The van der Waals surface area contributed by atoms with Gasteiger partial charge in [0.1, 0.15) is 5.41 Å². The summed E-state index contributed by atoms with van der Waals surface area (Å²) in [6.45, 7) is 0.938. The first-order valence-electron chi connectivity index (χ1n) is 6.54. The van der Waals surface area contributed by atoms with Gasteiger partial charge in [-0.3, -0.25) is 4.79 Å². The van der Waals surface area contributed by atoms with Crippen LogP contribution < -0.4 is 5.73 Å². The first-order valence-corrected chi connectivity index (χ1v) is 6.54. The highest BCUT2D eigenvalue weighted by atomic mass is 16.5. The highest BCUT2D eigenvalue weighted by Crippen LogP contribution is 2.30. The monoisotopic (exact) mass is 265 g/mol. The van der Waals surface area contributed by atoms with Crippen molar-refractivity contribution >= 4 is 5.97 Å². The van der Waals surface area contributed by atoms with Crippen LogP contribution in [0.2, 0.25) is 0 Å². The van der Waals surface area contributed by atoms with Gasteiger partial charge in [-0.2, -0.15) is 0 Å². The van der Waals surface area contributed by atoms with Crippen LogP contribution in [0.1, 0.15) is 24.8 Å². The van der Waals surface area contributed by atoms with E-state index in [0.29, 0.717) is 13.0 Å². The normalized spacial score (nSPS) is 13.8. The lowest BCUT2D eigenvalue weighted by molar-refractivity contribution is -0.147. The molecule has 2 N–H and O–H groups in total. The molecular weight excluding hydrogens is 242 g/mol. The van der Waals surface area contributed by atoms with Gasteiger partial charge in [-0.05, 0) is 24.8 Å². The minimum Gasteiger partial charge on any atom is -0.468 e. The minimum atomic E-state index is -0.746. The van der Waals surface area contributed by atoms with Gasteiger partial charge in [-0.25, -0.2) is 0 Å². The van der Waals surface area contributed by atoms with E-state index < -0.39 is 5.41 Å². The van der Waals surface area contributed by atoms with Crippen molar-refractivity contribution in [2.24, 2.45) is 5.73 Å². The Labute approximate surface area is 114 Å². The summed E-state index contributed by atoms with van der Waals surface area (Å²) in [5.74, 6) is -0.265. The lowest BCUT2D eigenvalue weighted by Crippen LogP contribution is -2.44. The molecule has 0 spiro atoms. The molecule has 0 fully saturated rings. The average Bonchev–Trinajstić information content (AvgIpc) is 2.48. The molecule has 1 aromatic carbocycles. The van der Waals surface area contributed by atoms with Crippen molar-refractivity contribution in [1.29, 1.82) is 0 Å². The molecule has 0 aliphatic carbocycles. The lowest BCUT2D eigenvalue weighted by Gasteiger charge is -2.30. The summed E-state index contributed by atoms with van der Waals surface area (Å²) >= 11 is 0. The van der Waals surface area contributed by atoms with E-state index in [-0.39, 0.29) is 12.5 Å². The van der Waals surface area contributed by atoms with Crippen LogP contribution in [0, 0.1) is 0 Å². The number of esters is 1. The topological polar surface area (TPSA) is 61.5 Å². The number of nitrogens with two attached hydrogens (primary N) is 1. The fourth-order valence-corrected chi connectivity index (χ4v) is 2.29. The fourth-order valence-electron chi connectivity index (χ4n) is 2.29. The van der Waals surface area contributed by atoms with E-state index in [1.165, 1.54) is 7.11 Å². The lowest BCUT2D eigenvalue weighted by atomic mass is 9.76. The summed E-state index contributed by atoms with van der Waals surface area (Å²) in [5.41, 5.74) is 6.07. The molecular formula is C15H23NO3. The molecule has 0 saturated heterocycles. The summed E-state index contributed by atoms with van der Waals surface area (Å²) in [6.07, 6.45) is 2.45.